The van der Waals surface area contributed by atoms with Gasteiger partial charge in [-0.3, -0.25) is 4.72 Å². The zero-order valence-corrected chi connectivity index (χ0v) is 20.1. The summed E-state index contributed by atoms with van der Waals surface area (Å²) in [4.78, 5) is 27.0. The summed E-state index contributed by atoms with van der Waals surface area (Å²) in [6.45, 7) is 7.30. The molecule has 1 fully saturated rings. The number of aromatic nitrogens is 1. The highest BCUT2D eigenvalue weighted by Gasteiger charge is 2.38. The summed E-state index contributed by atoms with van der Waals surface area (Å²) in [6.07, 6.45) is -1.76. The molecule has 3 N–H and O–H groups in total. The van der Waals surface area contributed by atoms with Gasteiger partial charge >= 0.3 is 18.1 Å². The summed E-state index contributed by atoms with van der Waals surface area (Å²) in [5.41, 5.74) is 1.79. The highest BCUT2D eigenvalue weighted by Crippen LogP contribution is 2.27. The third-order valence-electron chi connectivity index (χ3n) is 5.18. The number of sulfonamides is 1. The predicted molar refractivity (Wildman–Crippen MR) is 122 cm³/mol. The largest absolute Gasteiger partial charge is 0.490 e. The van der Waals surface area contributed by atoms with E-state index in [4.69, 9.17) is 9.90 Å². The van der Waals surface area contributed by atoms with Crippen LogP contribution in [-0.2, 0) is 14.8 Å². The molecule has 1 aliphatic heterocycles. The first-order valence-electron chi connectivity index (χ1n) is 10.5. The van der Waals surface area contributed by atoms with E-state index in [1.54, 1.807) is 12.1 Å². The normalized spacial score (nSPS) is 14.6. The van der Waals surface area contributed by atoms with E-state index in [0.717, 1.165) is 37.1 Å². The van der Waals surface area contributed by atoms with Crippen LogP contribution in [-0.4, -0.2) is 54.8 Å². The molecule has 0 atom stereocenters. The third-order valence-corrected chi connectivity index (χ3v) is 6.54. The van der Waals surface area contributed by atoms with Crippen molar-refractivity contribution in [3.05, 3.63) is 47.2 Å². The van der Waals surface area contributed by atoms with Gasteiger partial charge in [-0.15, -0.1) is 0 Å². The molecule has 1 saturated heterocycles. The van der Waals surface area contributed by atoms with Gasteiger partial charge in [0.15, 0.2) is 0 Å². The second-order valence-corrected chi connectivity index (χ2v) is 9.98. The lowest BCUT2D eigenvalue weighted by molar-refractivity contribution is -0.192. The molecule has 0 saturated carbocycles. The third kappa shape index (κ3) is 7.84. The van der Waals surface area contributed by atoms with Crippen LogP contribution in [0.15, 0.2) is 35.4 Å². The Kier molecular flexibility index (Phi) is 8.71. The number of alkyl halides is 3. The predicted octanol–water partition coefficient (Wildman–Crippen LogP) is 4.07. The molecule has 192 valence electrons. The number of anilines is 2. The number of nitrogens with one attached hydrogen (secondary N) is 1. The first-order valence-corrected chi connectivity index (χ1v) is 12.0. The fourth-order valence-electron chi connectivity index (χ4n) is 3.45. The number of aliphatic carboxylic acids is 1. The summed E-state index contributed by atoms with van der Waals surface area (Å²) >= 11 is 0. The Balaban J connectivity index is 0.000000540. The molecule has 13 heteroatoms. The van der Waals surface area contributed by atoms with E-state index in [0.29, 0.717) is 11.7 Å². The van der Waals surface area contributed by atoms with Crippen molar-refractivity contribution in [3.8, 4) is 0 Å². The van der Waals surface area contributed by atoms with Gasteiger partial charge in [0.25, 0.3) is 10.0 Å². The maximum absolute atomic E-state index is 12.7. The topological polar surface area (TPSA) is 137 Å². The van der Waals surface area contributed by atoms with Crippen LogP contribution in [0.1, 0.15) is 41.3 Å². The number of carboxylic acid groups (broad SMARTS) is 2. The van der Waals surface area contributed by atoms with E-state index in [1.165, 1.54) is 12.3 Å². The van der Waals surface area contributed by atoms with Gasteiger partial charge in [-0.2, -0.15) is 13.2 Å². The van der Waals surface area contributed by atoms with Gasteiger partial charge in [0.2, 0.25) is 0 Å². The summed E-state index contributed by atoms with van der Waals surface area (Å²) in [7, 11) is -3.84. The van der Waals surface area contributed by atoms with Gasteiger partial charge in [0.1, 0.15) is 11.4 Å². The molecule has 1 aromatic carbocycles. The van der Waals surface area contributed by atoms with Crippen LogP contribution in [0.4, 0.5) is 24.7 Å². The molecule has 2 aromatic rings. The number of halogens is 3. The lowest BCUT2D eigenvalue weighted by Gasteiger charge is -2.32. The minimum Gasteiger partial charge on any atom is -0.478 e. The number of hydrogen-bond donors (Lipinski definition) is 3. The number of carbonyl (C=O) groups is 2. The Morgan fingerprint density at radius 3 is 2.03 bits per heavy atom. The van der Waals surface area contributed by atoms with Crippen molar-refractivity contribution in [1.29, 1.82) is 0 Å². The highest BCUT2D eigenvalue weighted by molar-refractivity contribution is 7.92. The molecule has 1 aliphatic rings. The molecule has 0 bridgehead atoms. The Labute approximate surface area is 200 Å². The van der Waals surface area contributed by atoms with Gasteiger partial charge in [-0.25, -0.2) is 23.0 Å². The van der Waals surface area contributed by atoms with Crippen molar-refractivity contribution in [2.75, 3.05) is 22.7 Å². The van der Waals surface area contributed by atoms with Gasteiger partial charge in [0.05, 0.1) is 16.8 Å². The van der Waals surface area contributed by atoms with Crippen LogP contribution in [0, 0.1) is 19.8 Å². The van der Waals surface area contributed by atoms with E-state index in [9.17, 15) is 31.5 Å². The number of carboxylic acids is 2. The lowest BCUT2D eigenvalue weighted by atomic mass is 9.99. The second kappa shape index (κ2) is 10.9. The highest BCUT2D eigenvalue weighted by atomic mass is 32.2. The minimum atomic E-state index is -5.08. The van der Waals surface area contributed by atoms with Crippen molar-refractivity contribution in [3.63, 3.8) is 0 Å². The molecular weight excluding hydrogens is 491 g/mol. The molecule has 0 amide bonds. The second-order valence-electron chi connectivity index (χ2n) is 8.30. The fraction of sp³-hybridized carbons (Fsp3) is 0.409. The number of aromatic carboxylic acids is 1. The van der Waals surface area contributed by atoms with E-state index in [-0.39, 0.29) is 16.1 Å². The quantitative estimate of drug-likeness (QED) is 0.540. The first-order chi connectivity index (χ1) is 16.1. The smallest absolute Gasteiger partial charge is 0.478 e. The van der Waals surface area contributed by atoms with Crippen molar-refractivity contribution in [2.24, 2.45) is 5.92 Å². The molecule has 0 unspecified atom stereocenters. The Bertz CT molecular complexity index is 1170. The summed E-state index contributed by atoms with van der Waals surface area (Å²) in [6, 6.07) is 6.37. The van der Waals surface area contributed by atoms with Crippen LogP contribution in [0.3, 0.4) is 0 Å². The van der Waals surface area contributed by atoms with E-state index >= 15 is 0 Å². The van der Waals surface area contributed by atoms with E-state index in [1.807, 2.05) is 24.8 Å². The van der Waals surface area contributed by atoms with Crippen LogP contribution in [0.25, 0.3) is 0 Å². The number of rotatable bonds is 5. The van der Waals surface area contributed by atoms with E-state index in [2.05, 4.69) is 16.6 Å². The average Bonchev–Trinajstić information content (AvgIpc) is 2.73. The molecule has 35 heavy (non-hydrogen) atoms. The number of pyridine rings is 1. The molecule has 1 aromatic heterocycles. The zero-order chi connectivity index (χ0) is 26.6. The Morgan fingerprint density at radius 2 is 1.57 bits per heavy atom. The van der Waals surface area contributed by atoms with Gasteiger partial charge in [0, 0.05) is 13.1 Å². The molecular formula is C22H26F3N3O6S. The molecule has 2 heterocycles. The van der Waals surface area contributed by atoms with Crippen LogP contribution in [0.2, 0.25) is 0 Å². The van der Waals surface area contributed by atoms with Crippen molar-refractivity contribution < 1.29 is 41.4 Å². The average molecular weight is 518 g/mol. The number of piperidine rings is 1. The van der Waals surface area contributed by atoms with Crippen molar-refractivity contribution in [2.45, 2.75) is 44.7 Å². The maximum Gasteiger partial charge on any atom is 0.490 e. The molecule has 0 radical (unpaired) electrons. The standard InChI is InChI=1S/C20H25N3O4S.C2HF3O2/c1-13-4-6-23(7-5-13)19-18(20(24)25)11-16(12-21-19)22-28(26,27)17-9-14(2)8-15(3)10-17;3-2(4,5)1(6)7/h8-13,22H,4-7H2,1-3H3,(H,24,25);(H,6,7). The van der Waals surface area contributed by atoms with Crippen LogP contribution >= 0.6 is 0 Å². The van der Waals surface area contributed by atoms with Gasteiger partial charge in [-0.05, 0) is 61.9 Å². The molecule has 0 aliphatic carbocycles. The molecule has 9 nitrogen and oxygen atoms in total. The van der Waals surface area contributed by atoms with Crippen LogP contribution < -0.4 is 9.62 Å². The minimum absolute atomic E-state index is 0.00447. The lowest BCUT2D eigenvalue weighted by Crippen LogP contribution is -2.34. The number of benzene rings is 1. The Morgan fingerprint density at radius 1 is 1.06 bits per heavy atom. The molecule has 0 spiro atoms. The van der Waals surface area contributed by atoms with Crippen LogP contribution in [0.5, 0.6) is 0 Å². The monoisotopic (exact) mass is 517 g/mol. The summed E-state index contributed by atoms with van der Waals surface area (Å²) < 4.78 is 59.6. The molecule has 3 rings (SSSR count). The maximum atomic E-state index is 12.7. The SMILES string of the molecule is Cc1cc(C)cc(S(=O)(=O)Nc2cnc(N3CCC(C)CC3)c(C(=O)O)c2)c1.O=C(O)C(F)(F)F. The number of nitrogens with zero attached hydrogens (tertiary/aromatic N) is 2. The number of aryl methyl sites for hydroxylation is 2. The Hall–Kier alpha value is -3.35. The summed E-state index contributed by atoms with van der Waals surface area (Å²) in [5, 5.41) is 16.7. The van der Waals surface area contributed by atoms with Crippen molar-refractivity contribution >= 4 is 33.5 Å². The van der Waals surface area contributed by atoms with E-state index < -0.39 is 28.1 Å². The van der Waals surface area contributed by atoms with Gasteiger partial charge < -0.3 is 15.1 Å². The zero-order valence-electron chi connectivity index (χ0n) is 19.3. The number of hydrogen-bond acceptors (Lipinski definition) is 6. The van der Waals surface area contributed by atoms with Gasteiger partial charge in [-0.1, -0.05) is 13.0 Å². The first kappa shape index (κ1) is 27.9. The fourth-order valence-corrected chi connectivity index (χ4v) is 4.67. The van der Waals surface area contributed by atoms with Crippen molar-refractivity contribution in [1.82, 2.24) is 4.98 Å². The summed E-state index contributed by atoms with van der Waals surface area (Å²) in [5.74, 6) is -2.90.